The number of hydrogen-bond donors (Lipinski definition) is 1. The summed E-state index contributed by atoms with van der Waals surface area (Å²) in [7, 11) is -3.54. The van der Waals surface area contributed by atoms with Crippen LogP contribution in [-0.2, 0) is 10.0 Å². The minimum absolute atomic E-state index is 0.260. The predicted molar refractivity (Wildman–Crippen MR) is 135 cm³/mol. The highest BCUT2D eigenvalue weighted by atomic mass is 32.2. The molecule has 34 heavy (non-hydrogen) atoms. The smallest absolute Gasteiger partial charge is 0.261 e. The van der Waals surface area contributed by atoms with Crippen molar-refractivity contribution in [1.82, 2.24) is 9.29 Å². The maximum Gasteiger partial charge on any atom is 0.261 e. The van der Waals surface area contributed by atoms with Gasteiger partial charge in [0.15, 0.2) is 5.13 Å². The summed E-state index contributed by atoms with van der Waals surface area (Å²) in [6.45, 7) is 3.42. The summed E-state index contributed by atoms with van der Waals surface area (Å²) in [5.74, 6) is 0.190. The predicted octanol–water partition coefficient (Wildman–Crippen LogP) is 5.28. The second kappa shape index (κ2) is 9.32. The summed E-state index contributed by atoms with van der Waals surface area (Å²) in [6.07, 6.45) is 2.83. The number of piperidine rings is 1. The first-order chi connectivity index (χ1) is 16.5. The monoisotopic (exact) mass is 495 g/mol. The Bertz CT molecular complexity index is 1470. The van der Waals surface area contributed by atoms with E-state index in [-0.39, 0.29) is 10.8 Å². The molecule has 1 aliphatic rings. The lowest BCUT2D eigenvalue weighted by Gasteiger charge is -2.25. The van der Waals surface area contributed by atoms with E-state index in [4.69, 9.17) is 4.74 Å². The Balaban J connectivity index is 1.46. The van der Waals surface area contributed by atoms with Crippen LogP contribution in [0.2, 0.25) is 0 Å². The second-order valence-corrected chi connectivity index (χ2v) is 11.1. The fraction of sp³-hybridized carbons (Fsp3) is 0.280. The van der Waals surface area contributed by atoms with Crippen LogP contribution >= 0.6 is 11.3 Å². The number of benzene rings is 3. The van der Waals surface area contributed by atoms with Gasteiger partial charge in [0.2, 0.25) is 10.0 Å². The van der Waals surface area contributed by atoms with Crippen LogP contribution in [0.15, 0.2) is 59.5 Å². The highest BCUT2D eigenvalue weighted by molar-refractivity contribution is 7.89. The molecule has 1 saturated heterocycles. The minimum Gasteiger partial charge on any atom is -0.493 e. The average molecular weight is 496 g/mol. The number of rotatable bonds is 6. The highest BCUT2D eigenvalue weighted by Crippen LogP contribution is 2.32. The number of fused-ring (bicyclic) bond motifs is 2. The Morgan fingerprint density at radius 1 is 1.09 bits per heavy atom. The summed E-state index contributed by atoms with van der Waals surface area (Å²) >= 11 is 1.25. The lowest BCUT2D eigenvalue weighted by atomic mass is 10.0. The van der Waals surface area contributed by atoms with Crippen LogP contribution in [0, 0.1) is 0 Å². The molecule has 176 valence electrons. The molecular weight excluding hydrogens is 470 g/mol. The summed E-state index contributed by atoms with van der Waals surface area (Å²) in [5, 5.41) is 5.03. The zero-order valence-corrected chi connectivity index (χ0v) is 20.4. The number of sulfonamides is 1. The van der Waals surface area contributed by atoms with Gasteiger partial charge >= 0.3 is 0 Å². The van der Waals surface area contributed by atoms with Gasteiger partial charge in [-0.1, -0.05) is 48.1 Å². The van der Waals surface area contributed by atoms with Gasteiger partial charge < -0.3 is 4.74 Å². The van der Waals surface area contributed by atoms with Crippen molar-refractivity contribution in [2.45, 2.75) is 31.1 Å². The Morgan fingerprint density at radius 3 is 2.68 bits per heavy atom. The van der Waals surface area contributed by atoms with E-state index in [0.29, 0.717) is 46.4 Å². The molecule has 0 bridgehead atoms. The first kappa shape index (κ1) is 22.8. The van der Waals surface area contributed by atoms with Crippen molar-refractivity contribution in [3.63, 3.8) is 0 Å². The first-order valence-electron chi connectivity index (χ1n) is 11.3. The number of anilines is 1. The molecule has 7 nitrogen and oxygen atoms in total. The van der Waals surface area contributed by atoms with Crippen LogP contribution in [0.3, 0.4) is 0 Å². The summed E-state index contributed by atoms with van der Waals surface area (Å²) in [6, 6.07) is 16.3. The standard InChI is InChI=1S/C25H25N3O4S2/c1-2-32-21-13-10-17-8-4-5-9-19(17)23(21)24(29)27-25-26-20-12-11-18(16-22(20)33-25)34(30,31)28-14-6-3-7-15-28/h4-5,8-13,16H,2-3,6-7,14-15H2,1H3,(H,26,27,29). The molecule has 5 rings (SSSR count). The maximum atomic E-state index is 13.3. The van der Waals surface area contributed by atoms with Crippen LogP contribution in [0.1, 0.15) is 36.5 Å². The molecule has 0 unspecified atom stereocenters. The van der Waals surface area contributed by atoms with Crippen molar-refractivity contribution in [2.75, 3.05) is 25.0 Å². The minimum atomic E-state index is -3.54. The molecule has 0 spiro atoms. The van der Waals surface area contributed by atoms with Gasteiger partial charge in [0.25, 0.3) is 5.91 Å². The van der Waals surface area contributed by atoms with Gasteiger partial charge in [0.1, 0.15) is 5.75 Å². The quantitative estimate of drug-likeness (QED) is 0.393. The van der Waals surface area contributed by atoms with E-state index in [0.717, 1.165) is 30.0 Å². The molecule has 3 aromatic carbocycles. The van der Waals surface area contributed by atoms with Crippen LogP contribution in [0.4, 0.5) is 5.13 Å². The van der Waals surface area contributed by atoms with Crippen LogP contribution < -0.4 is 10.1 Å². The van der Waals surface area contributed by atoms with Crippen molar-refractivity contribution < 1.29 is 17.9 Å². The number of amides is 1. The van der Waals surface area contributed by atoms with Crippen LogP contribution in [0.5, 0.6) is 5.75 Å². The number of carbonyl (C=O) groups is 1. The van der Waals surface area contributed by atoms with Crippen LogP contribution in [0.25, 0.3) is 21.0 Å². The Hall–Kier alpha value is -3.01. The molecular formula is C25H25N3O4S2. The number of nitrogens with one attached hydrogen (secondary N) is 1. The number of thiazole rings is 1. The lowest BCUT2D eigenvalue weighted by molar-refractivity contribution is 0.102. The third-order valence-electron chi connectivity index (χ3n) is 5.95. The molecule has 1 aliphatic heterocycles. The molecule has 9 heteroatoms. The molecule has 0 saturated carbocycles. The molecule has 0 aliphatic carbocycles. The Kier molecular flexibility index (Phi) is 6.24. The van der Waals surface area contributed by atoms with Crippen molar-refractivity contribution in [3.8, 4) is 5.75 Å². The highest BCUT2D eigenvalue weighted by Gasteiger charge is 2.26. The van der Waals surface area contributed by atoms with Crippen molar-refractivity contribution in [1.29, 1.82) is 0 Å². The van der Waals surface area contributed by atoms with Gasteiger partial charge in [-0.2, -0.15) is 4.31 Å². The Labute approximate surface area is 202 Å². The zero-order chi connectivity index (χ0) is 23.7. The second-order valence-electron chi connectivity index (χ2n) is 8.16. The van der Waals surface area contributed by atoms with E-state index in [1.807, 2.05) is 37.3 Å². The Morgan fingerprint density at radius 2 is 1.88 bits per heavy atom. The third-order valence-corrected chi connectivity index (χ3v) is 8.78. The van der Waals surface area contributed by atoms with E-state index in [9.17, 15) is 13.2 Å². The molecule has 0 radical (unpaired) electrons. The fourth-order valence-electron chi connectivity index (χ4n) is 4.29. The van der Waals surface area contributed by atoms with Gasteiger partial charge in [-0.3, -0.25) is 10.1 Å². The topological polar surface area (TPSA) is 88.6 Å². The van der Waals surface area contributed by atoms with Crippen LogP contribution in [-0.4, -0.2) is 43.3 Å². The third kappa shape index (κ3) is 4.26. The van der Waals surface area contributed by atoms with Gasteiger partial charge in [0, 0.05) is 13.1 Å². The van der Waals surface area contributed by atoms with Crippen molar-refractivity contribution in [3.05, 3.63) is 60.2 Å². The molecule has 1 N–H and O–H groups in total. The zero-order valence-electron chi connectivity index (χ0n) is 18.8. The van der Waals surface area contributed by atoms with E-state index in [2.05, 4.69) is 10.3 Å². The summed E-state index contributed by atoms with van der Waals surface area (Å²) < 4.78 is 34.1. The largest absolute Gasteiger partial charge is 0.493 e. The molecule has 2 heterocycles. The summed E-state index contributed by atoms with van der Waals surface area (Å²) in [5.41, 5.74) is 1.09. The number of ether oxygens (including phenoxy) is 1. The van der Waals surface area contributed by atoms with Gasteiger partial charge in [-0.25, -0.2) is 13.4 Å². The number of carbonyl (C=O) groups excluding carboxylic acids is 1. The van der Waals surface area contributed by atoms with E-state index >= 15 is 0 Å². The first-order valence-corrected chi connectivity index (χ1v) is 13.6. The molecule has 1 aromatic heterocycles. The number of hydrogen-bond acceptors (Lipinski definition) is 6. The average Bonchev–Trinajstić information content (AvgIpc) is 3.26. The summed E-state index contributed by atoms with van der Waals surface area (Å²) in [4.78, 5) is 18.1. The molecule has 1 fully saturated rings. The van der Waals surface area contributed by atoms with Gasteiger partial charge in [-0.05, 0) is 54.8 Å². The lowest BCUT2D eigenvalue weighted by Crippen LogP contribution is -2.35. The molecule has 0 atom stereocenters. The van der Waals surface area contributed by atoms with E-state index in [1.54, 1.807) is 28.6 Å². The van der Waals surface area contributed by atoms with E-state index in [1.165, 1.54) is 11.3 Å². The normalized spacial score (nSPS) is 15.0. The molecule has 1 amide bonds. The van der Waals surface area contributed by atoms with Crippen molar-refractivity contribution >= 4 is 53.4 Å². The fourth-order valence-corrected chi connectivity index (χ4v) is 6.81. The SMILES string of the molecule is CCOc1ccc2ccccc2c1C(=O)Nc1nc2ccc(S(=O)(=O)N3CCCCC3)cc2s1. The number of aromatic nitrogens is 1. The van der Waals surface area contributed by atoms with Gasteiger partial charge in [0.05, 0.1) is 27.3 Å². The van der Waals surface area contributed by atoms with E-state index < -0.39 is 10.0 Å². The molecule has 4 aromatic rings. The maximum absolute atomic E-state index is 13.3. The number of nitrogens with zero attached hydrogens (tertiary/aromatic N) is 2. The van der Waals surface area contributed by atoms with Crippen molar-refractivity contribution in [2.24, 2.45) is 0 Å². The van der Waals surface area contributed by atoms with Gasteiger partial charge in [-0.15, -0.1) is 0 Å².